The number of anilines is 2. The summed E-state index contributed by atoms with van der Waals surface area (Å²) in [6.45, 7) is 4.19. The molecule has 0 radical (unpaired) electrons. The van der Waals surface area contributed by atoms with Crippen molar-refractivity contribution in [3.05, 3.63) is 24.3 Å². The Labute approximate surface area is 98.4 Å². The zero-order chi connectivity index (χ0) is 12.1. The van der Waals surface area contributed by atoms with E-state index in [2.05, 4.69) is 36.2 Å². The molecular formula is C13H22N2O. The summed E-state index contributed by atoms with van der Waals surface area (Å²) in [6.07, 6.45) is 0.190. The molecular weight excluding hydrogens is 200 g/mol. The molecule has 0 bridgehead atoms. The van der Waals surface area contributed by atoms with E-state index < -0.39 is 0 Å². The largest absolute Gasteiger partial charge is 0.380 e. The molecule has 0 aromatic heterocycles. The second kappa shape index (κ2) is 5.75. The van der Waals surface area contributed by atoms with Gasteiger partial charge in [-0.25, -0.2) is 0 Å². The second-order valence-electron chi connectivity index (χ2n) is 4.29. The SMILES string of the molecule is COC(C)C(C)Nc1ccccc1N(C)C. The van der Waals surface area contributed by atoms with Crippen LogP contribution in [0, 0.1) is 0 Å². The molecule has 0 fully saturated rings. The van der Waals surface area contributed by atoms with E-state index in [4.69, 9.17) is 4.74 Å². The number of hydrogen-bond donors (Lipinski definition) is 1. The number of rotatable bonds is 5. The number of methoxy groups -OCH3 is 1. The lowest BCUT2D eigenvalue weighted by Gasteiger charge is -2.24. The third kappa shape index (κ3) is 3.14. The van der Waals surface area contributed by atoms with Gasteiger partial charge < -0.3 is 15.0 Å². The lowest BCUT2D eigenvalue weighted by Crippen LogP contribution is -2.30. The molecule has 0 aliphatic rings. The van der Waals surface area contributed by atoms with Crippen LogP contribution in [0.2, 0.25) is 0 Å². The first kappa shape index (κ1) is 12.8. The summed E-state index contributed by atoms with van der Waals surface area (Å²) in [5.74, 6) is 0. The molecule has 0 amide bonds. The van der Waals surface area contributed by atoms with Gasteiger partial charge in [-0.05, 0) is 26.0 Å². The van der Waals surface area contributed by atoms with Gasteiger partial charge in [-0.1, -0.05) is 12.1 Å². The van der Waals surface area contributed by atoms with Crippen LogP contribution in [0.5, 0.6) is 0 Å². The molecule has 0 spiro atoms. The van der Waals surface area contributed by atoms with Crippen molar-refractivity contribution in [2.45, 2.75) is 26.0 Å². The molecule has 90 valence electrons. The average Bonchev–Trinajstić information content (AvgIpc) is 2.28. The van der Waals surface area contributed by atoms with E-state index in [1.807, 2.05) is 26.2 Å². The van der Waals surface area contributed by atoms with Gasteiger partial charge >= 0.3 is 0 Å². The van der Waals surface area contributed by atoms with Crippen LogP contribution in [-0.4, -0.2) is 33.4 Å². The summed E-state index contributed by atoms with van der Waals surface area (Å²) in [4.78, 5) is 2.10. The first-order chi connectivity index (χ1) is 7.56. The minimum atomic E-state index is 0.190. The van der Waals surface area contributed by atoms with Crippen molar-refractivity contribution in [2.75, 3.05) is 31.4 Å². The Morgan fingerprint density at radius 1 is 1.19 bits per heavy atom. The number of nitrogens with zero attached hydrogens (tertiary/aromatic N) is 1. The monoisotopic (exact) mass is 222 g/mol. The molecule has 2 unspecified atom stereocenters. The molecule has 0 aliphatic carbocycles. The molecule has 2 atom stereocenters. The summed E-state index contributed by atoms with van der Waals surface area (Å²) < 4.78 is 5.31. The molecule has 1 aromatic carbocycles. The first-order valence-electron chi connectivity index (χ1n) is 5.62. The van der Waals surface area contributed by atoms with Crippen LogP contribution in [0.3, 0.4) is 0 Å². The molecule has 1 aromatic rings. The Bertz CT molecular complexity index is 325. The molecule has 0 aliphatic heterocycles. The third-order valence-electron chi connectivity index (χ3n) is 2.84. The predicted octanol–water partition coefficient (Wildman–Crippen LogP) is 2.59. The molecule has 0 saturated carbocycles. The zero-order valence-corrected chi connectivity index (χ0v) is 10.8. The highest BCUT2D eigenvalue weighted by Gasteiger charge is 2.12. The standard InChI is InChI=1S/C13H22N2O/c1-10(11(2)16-5)14-12-8-6-7-9-13(12)15(3)4/h6-11,14H,1-5H3. The van der Waals surface area contributed by atoms with Crippen molar-refractivity contribution in [3.8, 4) is 0 Å². The lowest BCUT2D eigenvalue weighted by molar-refractivity contribution is 0.106. The maximum atomic E-state index is 5.31. The second-order valence-corrected chi connectivity index (χ2v) is 4.29. The Kier molecular flexibility index (Phi) is 4.62. The molecule has 3 heteroatoms. The van der Waals surface area contributed by atoms with Crippen molar-refractivity contribution in [1.29, 1.82) is 0 Å². The first-order valence-corrected chi connectivity index (χ1v) is 5.62. The van der Waals surface area contributed by atoms with Gasteiger partial charge in [0.2, 0.25) is 0 Å². The predicted molar refractivity (Wildman–Crippen MR) is 70.3 cm³/mol. The zero-order valence-electron chi connectivity index (χ0n) is 10.8. The molecule has 0 heterocycles. The van der Waals surface area contributed by atoms with Gasteiger partial charge in [0.05, 0.1) is 17.5 Å². The van der Waals surface area contributed by atoms with Crippen LogP contribution >= 0.6 is 0 Å². The molecule has 0 saturated heterocycles. The summed E-state index contributed by atoms with van der Waals surface area (Å²) >= 11 is 0. The van der Waals surface area contributed by atoms with Crippen LogP contribution in [0.4, 0.5) is 11.4 Å². The van der Waals surface area contributed by atoms with Gasteiger partial charge in [0, 0.05) is 27.2 Å². The number of nitrogens with one attached hydrogen (secondary N) is 1. The topological polar surface area (TPSA) is 24.5 Å². The van der Waals surface area contributed by atoms with Crippen LogP contribution in [-0.2, 0) is 4.74 Å². The highest BCUT2D eigenvalue weighted by atomic mass is 16.5. The molecule has 1 rings (SSSR count). The fraction of sp³-hybridized carbons (Fsp3) is 0.538. The lowest BCUT2D eigenvalue weighted by atomic mass is 10.2. The van der Waals surface area contributed by atoms with Crippen molar-refractivity contribution in [2.24, 2.45) is 0 Å². The van der Waals surface area contributed by atoms with Gasteiger partial charge in [0.25, 0.3) is 0 Å². The normalized spacial score (nSPS) is 14.3. The number of hydrogen-bond acceptors (Lipinski definition) is 3. The van der Waals surface area contributed by atoms with E-state index in [0.717, 1.165) is 5.69 Å². The highest BCUT2D eigenvalue weighted by Crippen LogP contribution is 2.24. The minimum Gasteiger partial charge on any atom is -0.380 e. The van der Waals surface area contributed by atoms with E-state index in [9.17, 15) is 0 Å². The van der Waals surface area contributed by atoms with Crippen LogP contribution in [0.25, 0.3) is 0 Å². The highest BCUT2D eigenvalue weighted by molar-refractivity contribution is 5.69. The molecule has 3 nitrogen and oxygen atoms in total. The average molecular weight is 222 g/mol. The van der Waals surface area contributed by atoms with Gasteiger partial charge in [0.15, 0.2) is 0 Å². The van der Waals surface area contributed by atoms with Crippen molar-refractivity contribution in [3.63, 3.8) is 0 Å². The smallest absolute Gasteiger partial charge is 0.0741 e. The van der Waals surface area contributed by atoms with Crippen LogP contribution < -0.4 is 10.2 Å². The van der Waals surface area contributed by atoms with E-state index in [-0.39, 0.29) is 12.1 Å². The van der Waals surface area contributed by atoms with Crippen LogP contribution in [0.15, 0.2) is 24.3 Å². The maximum absolute atomic E-state index is 5.31. The Morgan fingerprint density at radius 3 is 2.38 bits per heavy atom. The van der Waals surface area contributed by atoms with E-state index in [1.165, 1.54) is 5.69 Å². The molecule has 1 N–H and O–H groups in total. The van der Waals surface area contributed by atoms with Crippen molar-refractivity contribution in [1.82, 2.24) is 0 Å². The van der Waals surface area contributed by atoms with Gasteiger partial charge in [-0.2, -0.15) is 0 Å². The molecule has 16 heavy (non-hydrogen) atoms. The number of para-hydroxylation sites is 2. The van der Waals surface area contributed by atoms with Gasteiger partial charge in [-0.3, -0.25) is 0 Å². The van der Waals surface area contributed by atoms with Gasteiger partial charge in [-0.15, -0.1) is 0 Å². The van der Waals surface area contributed by atoms with Crippen molar-refractivity contribution >= 4 is 11.4 Å². The Hall–Kier alpha value is -1.22. The Balaban J connectivity index is 2.80. The summed E-state index contributed by atoms with van der Waals surface area (Å²) in [5.41, 5.74) is 2.33. The third-order valence-corrected chi connectivity index (χ3v) is 2.84. The van der Waals surface area contributed by atoms with Crippen LogP contribution in [0.1, 0.15) is 13.8 Å². The quantitative estimate of drug-likeness (QED) is 0.828. The number of ether oxygens (including phenoxy) is 1. The fourth-order valence-electron chi connectivity index (χ4n) is 1.55. The van der Waals surface area contributed by atoms with Crippen molar-refractivity contribution < 1.29 is 4.74 Å². The number of benzene rings is 1. The van der Waals surface area contributed by atoms with Gasteiger partial charge in [0.1, 0.15) is 0 Å². The summed E-state index contributed by atoms with van der Waals surface area (Å²) in [6, 6.07) is 8.57. The van der Waals surface area contributed by atoms with E-state index in [0.29, 0.717) is 0 Å². The maximum Gasteiger partial charge on any atom is 0.0741 e. The summed E-state index contributed by atoms with van der Waals surface area (Å²) in [7, 11) is 5.83. The summed E-state index contributed by atoms with van der Waals surface area (Å²) in [5, 5.41) is 3.48. The Morgan fingerprint density at radius 2 is 1.81 bits per heavy atom. The minimum absolute atomic E-state index is 0.190. The fourth-order valence-corrected chi connectivity index (χ4v) is 1.55. The van der Waals surface area contributed by atoms with E-state index >= 15 is 0 Å². The van der Waals surface area contributed by atoms with E-state index in [1.54, 1.807) is 7.11 Å².